The zero-order valence-corrected chi connectivity index (χ0v) is 20.3. The molecular formula is C24H30F3N3O3S. The molecule has 2 aromatic rings. The Hall–Kier alpha value is -2.59. The highest BCUT2D eigenvalue weighted by atomic mass is 32.2. The Labute approximate surface area is 198 Å². The summed E-state index contributed by atoms with van der Waals surface area (Å²) in [6.45, 7) is 7.10. The van der Waals surface area contributed by atoms with Crippen molar-refractivity contribution in [1.82, 2.24) is 9.62 Å². The predicted octanol–water partition coefficient (Wildman–Crippen LogP) is 3.88. The third-order valence-electron chi connectivity index (χ3n) is 5.83. The second kappa shape index (κ2) is 9.95. The van der Waals surface area contributed by atoms with Gasteiger partial charge in [0.05, 0.1) is 11.3 Å². The van der Waals surface area contributed by atoms with Gasteiger partial charge in [0.2, 0.25) is 10.0 Å². The number of amides is 1. The highest BCUT2D eigenvalue weighted by Crippen LogP contribution is 2.32. The first-order valence-electron chi connectivity index (χ1n) is 11.1. The smallest absolute Gasteiger partial charge is 0.369 e. The lowest BCUT2D eigenvalue weighted by atomic mass is 9.87. The van der Waals surface area contributed by atoms with E-state index >= 15 is 0 Å². The fourth-order valence-corrected chi connectivity index (χ4v) is 5.09. The Morgan fingerprint density at radius 3 is 2.12 bits per heavy atom. The fraction of sp³-hybridized carbons (Fsp3) is 0.458. The maximum atomic E-state index is 13.0. The second-order valence-corrected chi connectivity index (χ2v) is 11.4. The number of sulfonamides is 1. The maximum absolute atomic E-state index is 13.0. The number of carbonyl (C=O) groups is 1. The second-order valence-electron chi connectivity index (χ2n) is 9.33. The zero-order chi connectivity index (χ0) is 25.1. The lowest BCUT2D eigenvalue weighted by molar-refractivity contribution is -0.137. The molecule has 1 aliphatic heterocycles. The van der Waals surface area contributed by atoms with Gasteiger partial charge in [-0.2, -0.15) is 17.5 Å². The van der Waals surface area contributed by atoms with Gasteiger partial charge < -0.3 is 10.2 Å². The van der Waals surface area contributed by atoms with Crippen LogP contribution >= 0.6 is 0 Å². The van der Waals surface area contributed by atoms with Crippen LogP contribution in [0.3, 0.4) is 0 Å². The molecule has 34 heavy (non-hydrogen) atoms. The average Bonchev–Trinajstić information content (AvgIpc) is 2.78. The molecule has 1 fully saturated rings. The summed E-state index contributed by atoms with van der Waals surface area (Å²) in [6, 6.07) is 12.2. The average molecular weight is 498 g/mol. The monoisotopic (exact) mass is 497 g/mol. The van der Waals surface area contributed by atoms with Crippen molar-refractivity contribution < 1.29 is 26.4 Å². The van der Waals surface area contributed by atoms with Crippen LogP contribution in [0.15, 0.2) is 48.5 Å². The van der Waals surface area contributed by atoms with E-state index in [1.54, 1.807) is 23.1 Å². The van der Waals surface area contributed by atoms with Crippen molar-refractivity contribution in [2.45, 2.75) is 32.4 Å². The summed E-state index contributed by atoms with van der Waals surface area (Å²) in [7, 11) is -3.61. The Balaban J connectivity index is 1.51. The van der Waals surface area contributed by atoms with E-state index in [0.29, 0.717) is 11.3 Å². The standard InChI is InChI=1S/C24H30F3N3O3S/c1-23(2,3)19-9-7-18(8-10-19)22(31)28-11-16-34(32,33)30-14-12-29(13-15-30)21-6-4-5-20(17-21)24(25,26)27/h4-10,17H,11-16H2,1-3H3,(H,28,31). The molecule has 0 saturated carbocycles. The van der Waals surface area contributed by atoms with Crippen LogP contribution in [0.1, 0.15) is 42.3 Å². The SMILES string of the molecule is CC(C)(C)c1ccc(C(=O)NCCS(=O)(=O)N2CCN(c3cccc(C(F)(F)F)c3)CC2)cc1. The van der Waals surface area contributed by atoms with Crippen molar-refractivity contribution in [3.63, 3.8) is 0 Å². The normalized spacial score (nSPS) is 15.9. The number of nitrogens with one attached hydrogen (secondary N) is 1. The lowest BCUT2D eigenvalue weighted by Crippen LogP contribution is -2.50. The topological polar surface area (TPSA) is 69.7 Å². The third-order valence-corrected chi connectivity index (χ3v) is 7.70. The van der Waals surface area contributed by atoms with Gasteiger partial charge in [0.15, 0.2) is 0 Å². The summed E-state index contributed by atoms with van der Waals surface area (Å²) in [6.07, 6.45) is -4.43. The van der Waals surface area contributed by atoms with Gasteiger partial charge >= 0.3 is 6.18 Å². The van der Waals surface area contributed by atoms with Gasteiger partial charge in [0.25, 0.3) is 5.91 Å². The number of benzene rings is 2. The van der Waals surface area contributed by atoms with E-state index in [4.69, 9.17) is 0 Å². The number of anilines is 1. The van der Waals surface area contributed by atoms with Crippen LogP contribution in [0.4, 0.5) is 18.9 Å². The first-order chi connectivity index (χ1) is 15.8. The highest BCUT2D eigenvalue weighted by molar-refractivity contribution is 7.89. The number of carbonyl (C=O) groups excluding carboxylic acids is 1. The maximum Gasteiger partial charge on any atom is 0.416 e. The molecule has 0 radical (unpaired) electrons. The van der Waals surface area contributed by atoms with E-state index in [0.717, 1.165) is 17.7 Å². The molecule has 2 aromatic carbocycles. The van der Waals surface area contributed by atoms with Crippen molar-refractivity contribution in [3.8, 4) is 0 Å². The van der Waals surface area contributed by atoms with Crippen LogP contribution in [-0.2, 0) is 21.6 Å². The molecule has 0 unspecified atom stereocenters. The lowest BCUT2D eigenvalue weighted by Gasteiger charge is -2.35. The Kier molecular flexibility index (Phi) is 7.62. The first-order valence-corrected chi connectivity index (χ1v) is 12.7. The van der Waals surface area contributed by atoms with Gasteiger partial charge in [-0.05, 0) is 41.3 Å². The summed E-state index contributed by atoms with van der Waals surface area (Å²) in [5, 5.41) is 2.65. The fourth-order valence-electron chi connectivity index (χ4n) is 3.75. The van der Waals surface area contributed by atoms with Crippen LogP contribution in [0, 0.1) is 0 Å². The highest BCUT2D eigenvalue weighted by Gasteiger charge is 2.32. The van der Waals surface area contributed by atoms with Crippen molar-refractivity contribution >= 4 is 21.6 Å². The number of nitrogens with zero attached hydrogens (tertiary/aromatic N) is 2. The van der Waals surface area contributed by atoms with E-state index in [9.17, 15) is 26.4 Å². The van der Waals surface area contributed by atoms with Gasteiger partial charge in [0.1, 0.15) is 0 Å². The van der Waals surface area contributed by atoms with Gasteiger partial charge in [-0.15, -0.1) is 0 Å². The third kappa shape index (κ3) is 6.50. The van der Waals surface area contributed by atoms with E-state index < -0.39 is 21.8 Å². The molecule has 6 nitrogen and oxygen atoms in total. The molecular weight excluding hydrogens is 467 g/mol. The van der Waals surface area contributed by atoms with Gasteiger partial charge in [-0.1, -0.05) is 39.0 Å². The van der Waals surface area contributed by atoms with Crippen molar-refractivity contribution in [2.24, 2.45) is 0 Å². The van der Waals surface area contributed by atoms with Crippen LogP contribution in [0.25, 0.3) is 0 Å². The van der Waals surface area contributed by atoms with E-state index in [2.05, 4.69) is 26.1 Å². The molecule has 3 rings (SSSR count). The molecule has 1 heterocycles. The molecule has 0 bridgehead atoms. The predicted molar refractivity (Wildman–Crippen MR) is 126 cm³/mol. The molecule has 1 saturated heterocycles. The van der Waals surface area contributed by atoms with Gasteiger partial charge in [-0.3, -0.25) is 4.79 Å². The number of halogens is 3. The van der Waals surface area contributed by atoms with Crippen LogP contribution < -0.4 is 10.2 Å². The summed E-state index contributed by atoms with van der Waals surface area (Å²) in [5.41, 5.74) is 1.20. The summed E-state index contributed by atoms with van der Waals surface area (Å²) in [5.74, 6) is -0.590. The minimum absolute atomic E-state index is 0.0317. The largest absolute Gasteiger partial charge is 0.416 e. The van der Waals surface area contributed by atoms with Crippen LogP contribution in [0.5, 0.6) is 0 Å². The zero-order valence-electron chi connectivity index (χ0n) is 19.5. The van der Waals surface area contributed by atoms with Crippen molar-refractivity contribution in [3.05, 3.63) is 65.2 Å². The van der Waals surface area contributed by atoms with E-state index in [-0.39, 0.29) is 49.8 Å². The Bertz CT molecular complexity index is 1100. The minimum Gasteiger partial charge on any atom is -0.369 e. The summed E-state index contributed by atoms with van der Waals surface area (Å²) in [4.78, 5) is 14.1. The number of rotatable bonds is 6. The molecule has 186 valence electrons. The molecule has 1 aliphatic rings. The molecule has 10 heteroatoms. The number of hydrogen-bond acceptors (Lipinski definition) is 4. The van der Waals surface area contributed by atoms with Crippen molar-refractivity contribution in [1.29, 1.82) is 0 Å². The quantitative estimate of drug-likeness (QED) is 0.658. The molecule has 0 aliphatic carbocycles. The van der Waals surface area contributed by atoms with E-state index in [1.807, 2.05) is 12.1 Å². The van der Waals surface area contributed by atoms with E-state index in [1.165, 1.54) is 10.4 Å². The van der Waals surface area contributed by atoms with Gasteiger partial charge in [-0.25, -0.2) is 8.42 Å². The molecule has 1 amide bonds. The first kappa shape index (κ1) is 26.0. The molecule has 0 atom stereocenters. The number of hydrogen-bond donors (Lipinski definition) is 1. The number of piperazine rings is 1. The molecule has 0 aromatic heterocycles. The van der Waals surface area contributed by atoms with Crippen LogP contribution in [-0.4, -0.2) is 57.1 Å². The number of alkyl halides is 3. The molecule has 1 N–H and O–H groups in total. The summed E-state index contributed by atoms with van der Waals surface area (Å²) >= 11 is 0. The van der Waals surface area contributed by atoms with Crippen molar-refractivity contribution in [2.75, 3.05) is 43.4 Å². The summed E-state index contributed by atoms with van der Waals surface area (Å²) < 4.78 is 65.6. The Morgan fingerprint density at radius 2 is 1.56 bits per heavy atom. The van der Waals surface area contributed by atoms with Crippen LogP contribution in [0.2, 0.25) is 0 Å². The Morgan fingerprint density at radius 1 is 0.941 bits per heavy atom. The van der Waals surface area contributed by atoms with Gasteiger partial charge in [0, 0.05) is 44.0 Å². The molecule has 0 spiro atoms. The minimum atomic E-state index is -4.43.